The average Bonchev–Trinajstić information content (AvgIpc) is 2.63. The molecule has 1 amide bonds. The Balaban J connectivity index is 1.72. The predicted octanol–water partition coefficient (Wildman–Crippen LogP) is 3.38. The van der Waals surface area contributed by atoms with Crippen molar-refractivity contribution >= 4 is 33.2 Å². The van der Waals surface area contributed by atoms with Gasteiger partial charge in [0.1, 0.15) is 5.82 Å². The summed E-state index contributed by atoms with van der Waals surface area (Å²) < 4.78 is 39.5. The van der Waals surface area contributed by atoms with E-state index in [9.17, 15) is 17.6 Å². The lowest BCUT2D eigenvalue weighted by Crippen LogP contribution is -2.38. The zero-order chi connectivity index (χ0) is 19.4. The average molecular weight is 411 g/mol. The van der Waals surface area contributed by atoms with Crippen LogP contribution in [-0.2, 0) is 16.4 Å². The largest absolute Gasteiger partial charge is 0.352 e. The van der Waals surface area contributed by atoms with Gasteiger partial charge in [-0.2, -0.15) is 0 Å². The standard InChI is InChI=1S/C19H20ClFN2O3S/c20-17-8-7-15(23-11-3-4-12-27(23,25)26)13-16(17)19(24)22-10-9-14-5-1-2-6-18(14)21/h1-2,5-8,13H,3-4,9-12H2,(H,22,24). The molecule has 0 aliphatic carbocycles. The van der Waals surface area contributed by atoms with Gasteiger partial charge in [-0.1, -0.05) is 29.8 Å². The van der Waals surface area contributed by atoms with Gasteiger partial charge in [-0.3, -0.25) is 9.10 Å². The fraction of sp³-hybridized carbons (Fsp3) is 0.316. The Morgan fingerprint density at radius 3 is 2.70 bits per heavy atom. The highest BCUT2D eigenvalue weighted by atomic mass is 35.5. The van der Waals surface area contributed by atoms with Crippen molar-refractivity contribution in [2.45, 2.75) is 19.3 Å². The van der Waals surface area contributed by atoms with Crippen LogP contribution in [0.3, 0.4) is 0 Å². The Morgan fingerprint density at radius 1 is 1.19 bits per heavy atom. The van der Waals surface area contributed by atoms with Gasteiger partial charge in [-0.05, 0) is 49.1 Å². The molecule has 0 aromatic heterocycles. The van der Waals surface area contributed by atoms with Gasteiger partial charge in [-0.15, -0.1) is 0 Å². The lowest BCUT2D eigenvalue weighted by atomic mass is 10.1. The molecule has 1 aliphatic heterocycles. The van der Waals surface area contributed by atoms with Crippen molar-refractivity contribution in [2.24, 2.45) is 0 Å². The fourth-order valence-corrected chi connectivity index (χ4v) is 4.86. The van der Waals surface area contributed by atoms with Crippen LogP contribution in [0.2, 0.25) is 5.02 Å². The van der Waals surface area contributed by atoms with E-state index in [0.29, 0.717) is 30.6 Å². The molecule has 2 aromatic rings. The number of nitrogens with one attached hydrogen (secondary N) is 1. The smallest absolute Gasteiger partial charge is 0.252 e. The first-order valence-electron chi connectivity index (χ1n) is 8.70. The molecule has 1 N–H and O–H groups in total. The molecular weight excluding hydrogens is 391 g/mol. The van der Waals surface area contributed by atoms with E-state index in [0.717, 1.165) is 6.42 Å². The Bertz CT molecular complexity index is 950. The van der Waals surface area contributed by atoms with Crippen molar-refractivity contribution in [2.75, 3.05) is 23.1 Å². The predicted molar refractivity (Wildman–Crippen MR) is 104 cm³/mol. The van der Waals surface area contributed by atoms with Crippen LogP contribution in [0.1, 0.15) is 28.8 Å². The molecule has 0 bridgehead atoms. The van der Waals surface area contributed by atoms with Crippen molar-refractivity contribution in [3.05, 3.63) is 64.4 Å². The molecule has 1 fully saturated rings. The molecule has 0 radical (unpaired) electrons. The number of sulfonamides is 1. The van der Waals surface area contributed by atoms with Crippen LogP contribution in [0.25, 0.3) is 0 Å². The van der Waals surface area contributed by atoms with Gasteiger partial charge in [0.05, 0.1) is 22.0 Å². The molecule has 0 saturated carbocycles. The monoisotopic (exact) mass is 410 g/mol. The molecule has 1 heterocycles. The van der Waals surface area contributed by atoms with E-state index in [1.165, 1.54) is 22.5 Å². The summed E-state index contributed by atoms with van der Waals surface area (Å²) in [6.07, 6.45) is 1.75. The van der Waals surface area contributed by atoms with Gasteiger partial charge in [0.25, 0.3) is 5.91 Å². The summed E-state index contributed by atoms with van der Waals surface area (Å²) in [7, 11) is -3.37. The number of hydrogen-bond acceptors (Lipinski definition) is 3. The Labute approximate surface area is 163 Å². The second-order valence-electron chi connectivity index (χ2n) is 6.36. The van der Waals surface area contributed by atoms with Crippen LogP contribution < -0.4 is 9.62 Å². The van der Waals surface area contributed by atoms with Crippen LogP contribution in [0, 0.1) is 5.82 Å². The summed E-state index contributed by atoms with van der Waals surface area (Å²) in [5, 5.41) is 2.94. The van der Waals surface area contributed by atoms with Crippen LogP contribution in [0.15, 0.2) is 42.5 Å². The van der Waals surface area contributed by atoms with Crippen LogP contribution in [-0.4, -0.2) is 33.2 Å². The lowest BCUT2D eigenvalue weighted by Gasteiger charge is -2.28. The van der Waals surface area contributed by atoms with Gasteiger partial charge in [0.2, 0.25) is 10.0 Å². The molecule has 0 spiro atoms. The van der Waals surface area contributed by atoms with Gasteiger partial charge in [0.15, 0.2) is 0 Å². The zero-order valence-corrected chi connectivity index (χ0v) is 16.2. The highest BCUT2D eigenvalue weighted by Gasteiger charge is 2.27. The number of nitrogens with zero attached hydrogens (tertiary/aromatic N) is 1. The number of benzene rings is 2. The third-order valence-corrected chi connectivity index (χ3v) is 6.67. The van der Waals surface area contributed by atoms with Crippen molar-refractivity contribution < 1.29 is 17.6 Å². The summed E-state index contributed by atoms with van der Waals surface area (Å²) in [6.45, 7) is 0.626. The van der Waals surface area contributed by atoms with E-state index in [1.807, 2.05) is 0 Å². The normalized spacial score (nSPS) is 16.1. The molecule has 3 rings (SSSR count). The molecule has 2 aromatic carbocycles. The van der Waals surface area contributed by atoms with Crippen LogP contribution in [0.5, 0.6) is 0 Å². The number of anilines is 1. The Morgan fingerprint density at radius 2 is 1.96 bits per heavy atom. The maximum absolute atomic E-state index is 13.6. The Kier molecular flexibility index (Phi) is 6.01. The third kappa shape index (κ3) is 4.59. The molecule has 1 saturated heterocycles. The molecule has 27 heavy (non-hydrogen) atoms. The van der Waals surface area contributed by atoms with E-state index < -0.39 is 15.9 Å². The minimum Gasteiger partial charge on any atom is -0.352 e. The highest BCUT2D eigenvalue weighted by Crippen LogP contribution is 2.28. The lowest BCUT2D eigenvalue weighted by molar-refractivity contribution is 0.0954. The van der Waals surface area contributed by atoms with Gasteiger partial charge >= 0.3 is 0 Å². The van der Waals surface area contributed by atoms with E-state index in [1.54, 1.807) is 24.3 Å². The van der Waals surface area contributed by atoms with Crippen molar-refractivity contribution in [3.8, 4) is 0 Å². The molecule has 0 atom stereocenters. The molecule has 144 valence electrons. The summed E-state index contributed by atoms with van der Waals surface area (Å²) in [4.78, 5) is 12.5. The summed E-state index contributed by atoms with van der Waals surface area (Å²) >= 11 is 6.13. The van der Waals surface area contributed by atoms with Crippen LogP contribution >= 0.6 is 11.6 Å². The summed E-state index contributed by atoms with van der Waals surface area (Å²) in [5.41, 5.74) is 1.14. The first-order valence-corrected chi connectivity index (χ1v) is 10.7. The maximum Gasteiger partial charge on any atom is 0.252 e. The maximum atomic E-state index is 13.6. The van der Waals surface area contributed by atoms with Crippen molar-refractivity contribution in [1.82, 2.24) is 5.32 Å². The number of carbonyl (C=O) groups excluding carboxylic acids is 1. The molecular formula is C19H20ClFN2O3S. The fourth-order valence-electron chi connectivity index (χ4n) is 3.03. The SMILES string of the molecule is O=C(NCCc1ccccc1F)c1cc(N2CCCCS2(=O)=O)ccc1Cl. The molecule has 5 nitrogen and oxygen atoms in total. The summed E-state index contributed by atoms with van der Waals surface area (Å²) in [5.74, 6) is -0.644. The second-order valence-corrected chi connectivity index (χ2v) is 8.78. The third-order valence-electron chi connectivity index (χ3n) is 4.47. The quantitative estimate of drug-likeness (QED) is 0.821. The number of halogens is 2. The molecule has 1 aliphatic rings. The number of carbonyl (C=O) groups is 1. The van der Waals surface area contributed by atoms with E-state index in [4.69, 9.17) is 11.6 Å². The Hall–Kier alpha value is -2.12. The number of amides is 1. The zero-order valence-electron chi connectivity index (χ0n) is 14.6. The minimum atomic E-state index is -3.37. The topological polar surface area (TPSA) is 66.5 Å². The van der Waals surface area contributed by atoms with Gasteiger partial charge in [0, 0.05) is 13.1 Å². The second kappa shape index (κ2) is 8.27. The number of hydrogen-bond donors (Lipinski definition) is 1. The van der Waals surface area contributed by atoms with Gasteiger partial charge < -0.3 is 5.32 Å². The highest BCUT2D eigenvalue weighted by molar-refractivity contribution is 7.92. The first-order chi connectivity index (χ1) is 12.9. The van der Waals surface area contributed by atoms with E-state index >= 15 is 0 Å². The van der Waals surface area contributed by atoms with Crippen molar-refractivity contribution in [1.29, 1.82) is 0 Å². The molecule has 8 heteroatoms. The van der Waals surface area contributed by atoms with E-state index in [2.05, 4.69) is 5.32 Å². The van der Waals surface area contributed by atoms with Crippen molar-refractivity contribution in [3.63, 3.8) is 0 Å². The minimum absolute atomic E-state index is 0.0970. The van der Waals surface area contributed by atoms with E-state index in [-0.39, 0.29) is 28.7 Å². The summed E-state index contributed by atoms with van der Waals surface area (Å²) in [6, 6.07) is 11.0. The van der Waals surface area contributed by atoms with Gasteiger partial charge in [-0.25, -0.2) is 12.8 Å². The molecule has 0 unspecified atom stereocenters. The number of rotatable bonds is 5. The van der Waals surface area contributed by atoms with Crippen LogP contribution in [0.4, 0.5) is 10.1 Å². The first kappa shape index (κ1) is 19.6.